The fourth-order valence-electron chi connectivity index (χ4n) is 3.32. The molecule has 0 radical (unpaired) electrons. The van der Waals surface area contributed by atoms with E-state index in [0.29, 0.717) is 45.2 Å². The van der Waals surface area contributed by atoms with Crippen LogP contribution in [0.1, 0.15) is 18.1 Å². The van der Waals surface area contributed by atoms with E-state index >= 15 is 0 Å². The molecule has 0 unspecified atom stereocenters. The van der Waals surface area contributed by atoms with E-state index in [1.807, 2.05) is 25.1 Å². The summed E-state index contributed by atoms with van der Waals surface area (Å²) >= 11 is 18.7. The van der Waals surface area contributed by atoms with Gasteiger partial charge in [0.25, 0.3) is 5.91 Å². The Morgan fingerprint density at radius 3 is 2.38 bits per heavy atom. The van der Waals surface area contributed by atoms with Crippen molar-refractivity contribution in [3.05, 3.63) is 80.3 Å². The number of nitriles is 1. The molecule has 0 fully saturated rings. The van der Waals surface area contributed by atoms with Gasteiger partial charge in [0.05, 0.1) is 36.6 Å². The fourth-order valence-corrected chi connectivity index (χ4v) is 4.04. The molecule has 3 aromatic carbocycles. The van der Waals surface area contributed by atoms with Crippen LogP contribution in [0.4, 0.5) is 5.69 Å². The lowest BCUT2D eigenvalue weighted by Crippen LogP contribution is -2.14. The molecule has 0 heterocycles. The molecule has 0 aliphatic rings. The Labute approximate surface area is 230 Å². The van der Waals surface area contributed by atoms with Gasteiger partial charge < -0.3 is 24.3 Å². The molecule has 0 bridgehead atoms. The highest BCUT2D eigenvalue weighted by Gasteiger charge is 2.17. The maximum atomic E-state index is 12.9. The highest BCUT2D eigenvalue weighted by molar-refractivity contribution is 6.33. The summed E-state index contributed by atoms with van der Waals surface area (Å²) in [7, 11) is 2.88. The van der Waals surface area contributed by atoms with Crippen LogP contribution in [0.5, 0.6) is 23.0 Å². The van der Waals surface area contributed by atoms with E-state index in [0.717, 1.165) is 5.56 Å². The number of amides is 1. The van der Waals surface area contributed by atoms with Crippen LogP contribution in [0, 0.1) is 11.3 Å². The van der Waals surface area contributed by atoms with Gasteiger partial charge in [0.15, 0.2) is 11.5 Å². The molecule has 0 saturated heterocycles. The van der Waals surface area contributed by atoms with Crippen molar-refractivity contribution < 1.29 is 23.7 Å². The van der Waals surface area contributed by atoms with E-state index in [4.69, 9.17) is 53.8 Å². The van der Waals surface area contributed by atoms with Crippen LogP contribution >= 0.6 is 34.8 Å². The molecule has 1 N–H and O–H groups in total. The van der Waals surface area contributed by atoms with Gasteiger partial charge in [-0.05, 0) is 48.4 Å². The Morgan fingerprint density at radius 2 is 1.73 bits per heavy atom. The number of anilines is 1. The summed E-state index contributed by atoms with van der Waals surface area (Å²) < 4.78 is 22.1. The predicted molar refractivity (Wildman–Crippen MR) is 145 cm³/mol. The zero-order valence-corrected chi connectivity index (χ0v) is 22.5. The van der Waals surface area contributed by atoms with Gasteiger partial charge in [-0.1, -0.05) is 46.9 Å². The Kier molecular flexibility index (Phi) is 9.93. The van der Waals surface area contributed by atoms with Crippen molar-refractivity contribution in [2.45, 2.75) is 13.5 Å². The average Bonchev–Trinajstić information content (AvgIpc) is 2.87. The molecule has 1 amide bonds. The molecular weight excluding hydrogens is 539 g/mol. The standard InChI is InChI=1S/C27H23Cl3N2O5/c1-4-36-25-11-17(10-21(30)26(25)37-15-16-6-5-7-19(28)9-16)8-18(14-31)27(33)32-22-13-23(34-2)20(29)12-24(22)35-3/h5-13H,4,15H2,1-3H3,(H,32,33)/b18-8+. The second-order valence-corrected chi connectivity index (χ2v) is 8.74. The van der Waals surface area contributed by atoms with E-state index in [1.165, 1.54) is 32.4 Å². The third kappa shape index (κ3) is 7.23. The fraction of sp³-hybridized carbons (Fsp3) is 0.185. The van der Waals surface area contributed by atoms with Crippen LogP contribution in [0.2, 0.25) is 15.1 Å². The largest absolute Gasteiger partial charge is 0.495 e. The lowest BCUT2D eigenvalue weighted by molar-refractivity contribution is -0.112. The number of rotatable bonds is 10. The number of nitrogens with one attached hydrogen (secondary N) is 1. The normalized spacial score (nSPS) is 10.9. The first-order valence-corrected chi connectivity index (χ1v) is 12.1. The Hall–Kier alpha value is -3.57. The number of benzene rings is 3. The highest BCUT2D eigenvalue weighted by atomic mass is 35.5. The number of carbonyl (C=O) groups excluding carboxylic acids is 1. The van der Waals surface area contributed by atoms with Crippen molar-refractivity contribution >= 4 is 52.5 Å². The molecule has 3 aromatic rings. The quantitative estimate of drug-likeness (QED) is 0.208. The van der Waals surface area contributed by atoms with E-state index in [9.17, 15) is 10.1 Å². The summed E-state index contributed by atoms with van der Waals surface area (Å²) in [5.41, 5.74) is 1.43. The monoisotopic (exact) mass is 560 g/mol. The summed E-state index contributed by atoms with van der Waals surface area (Å²) in [6.07, 6.45) is 1.39. The van der Waals surface area contributed by atoms with E-state index in [1.54, 1.807) is 24.3 Å². The van der Waals surface area contributed by atoms with Crippen molar-refractivity contribution in [1.29, 1.82) is 5.26 Å². The van der Waals surface area contributed by atoms with E-state index in [-0.39, 0.29) is 22.9 Å². The van der Waals surface area contributed by atoms with Crippen molar-refractivity contribution in [3.8, 4) is 29.1 Å². The summed E-state index contributed by atoms with van der Waals surface area (Å²) in [6, 6.07) is 15.4. The van der Waals surface area contributed by atoms with Crippen LogP contribution in [-0.2, 0) is 11.4 Å². The smallest absolute Gasteiger partial charge is 0.266 e. The molecule has 0 aliphatic carbocycles. The van der Waals surface area contributed by atoms with Crippen molar-refractivity contribution in [2.24, 2.45) is 0 Å². The van der Waals surface area contributed by atoms with E-state index in [2.05, 4.69) is 5.32 Å². The summed E-state index contributed by atoms with van der Waals surface area (Å²) in [5.74, 6) is 0.674. The maximum absolute atomic E-state index is 12.9. The first-order chi connectivity index (χ1) is 17.8. The van der Waals surface area contributed by atoms with Crippen LogP contribution < -0.4 is 24.3 Å². The van der Waals surface area contributed by atoms with Crippen molar-refractivity contribution in [1.82, 2.24) is 0 Å². The second kappa shape index (κ2) is 13.1. The number of hydrogen-bond donors (Lipinski definition) is 1. The molecule has 0 atom stereocenters. The summed E-state index contributed by atoms with van der Waals surface area (Å²) in [4.78, 5) is 12.9. The number of methoxy groups -OCH3 is 2. The van der Waals surface area contributed by atoms with Gasteiger partial charge in [0.2, 0.25) is 0 Å². The molecule has 7 nitrogen and oxygen atoms in total. The highest BCUT2D eigenvalue weighted by Crippen LogP contribution is 2.39. The molecule has 3 rings (SSSR count). The molecule has 0 aliphatic heterocycles. The Balaban J connectivity index is 1.88. The zero-order valence-electron chi connectivity index (χ0n) is 20.2. The van der Waals surface area contributed by atoms with Gasteiger partial charge in [-0.2, -0.15) is 5.26 Å². The summed E-state index contributed by atoms with van der Waals surface area (Å²) in [6.45, 7) is 2.38. The Morgan fingerprint density at radius 1 is 0.973 bits per heavy atom. The maximum Gasteiger partial charge on any atom is 0.266 e. The van der Waals surface area contributed by atoms with Gasteiger partial charge in [0.1, 0.15) is 29.7 Å². The lowest BCUT2D eigenvalue weighted by atomic mass is 10.1. The molecular formula is C27H23Cl3N2O5. The SMILES string of the molecule is CCOc1cc(/C=C(\C#N)C(=O)Nc2cc(OC)c(Cl)cc2OC)cc(Cl)c1OCc1cccc(Cl)c1. The third-order valence-electron chi connectivity index (χ3n) is 5.00. The van der Waals surface area contributed by atoms with Crippen LogP contribution in [0.25, 0.3) is 6.08 Å². The first kappa shape index (κ1) is 28.0. The predicted octanol–water partition coefficient (Wildman–Crippen LogP) is 7.19. The minimum absolute atomic E-state index is 0.179. The molecule has 192 valence electrons. The van der Waals surface area contributed by atoms with Gasteiger partial charge in [-0.3, -0.25) is 4.79 Å². The van der Waals surface area contributed by atoms with Crippen molar-refractivity contribution in [2.75, 3.05) is 26.1 Å². The number of ether oxygens (including phenoxy) is 4. The number of halogens is 3. The third-order valence-corrected chi connectivity index (χ3v) is 5.81. The van der Waals surface area contributed by atoms with Gasteiger partial charge in [0, 0.05) is 17.2 Å². The average molecular weight is 562 g/mol. The van der Waals surface area contributed by atoms with Gasteiger partial charge in [-0.25, -0.2) is 0 Å². The van der Waals surface area contributed by atoms with Crippen molar-refractivity contribution in [3.63, 3.8) is 0 Å². The molecule has 37 heavy (non-hydrogen) atoms. The van der Waals surface area contributed by atoms with Crippen LogP contribution in [-0.4, -0.2) is 26.7 Å². The number of nitrogens with zero attached hydrogens (tertiary/aromatic N) is 1. The first-order valence-electron chi connectivity index (χ1n) is 11.0. The van der Waals surface area contributed by atoms with Gasteiger partial charge >= 0.3 is 0 Å². The van der Waals surface area contributed by atoms with Gasteiger partial charge in [-0.15, -0.1) is 0 Å². The number of carbonyl (C=O) groups is 1. The zero-order chi connectivity index (χ0) is 26.9. The summed E-state index contributed by atoms with van der Waals surface area (Å²) in [5, 5.41) is 13.5. The minimum atomic E-state index is -0.666. The Bertz CT molecular complexity index is 1370. The molecule has 10 heteroatoms. The number of hydrogen-bond acceptors (Lipinski definition) is 6. The van der Waals surface area contributed by atoms with Crippen LogP contribution in [0.15, 0.2) is 54.1 Å². The molecule has 0 spiro atoms. The topological polar surface area (TPSA) is 89.8 Å². The minimum Gasteiger partial charge on any atom is -0.495 e. The molecule has 0 aromatic heterocycles. The van der Waals surface area contributed by atoms with Crippen LogP contribution in [0.3, 0.4) is 0 Å². The molecule has 0 saturated carbocycles. The van der Waals surface area contributed by atoms with E-state index < -0.39 is 5.91 Å². The second-order valence-electron chi connectivity index (χ2n) is 7.49. The lowest BCUT2D eigenvalue weighted by Gasteiger charge is -2.15.